The molecule has 5 nitrogen and oxygen atoms in total. The van der Waals surface area contributed by atoms with Crippen LogP contribution in [0.4, 0.5) is 11.4 Å². The van der Waals surface area contributed by atoms with Crippen LogP contribution in [0.3, 0.4) is 0 Å². The Kier molecular flexibility index (Phi) is 4.02. The number of rotatable bonds is 4. The summed E-state index contributed by atoms with van der Waals surface area (Å²) in [6.07, 6.45) is 5.32. The Morgan fingerprint density at radius 2 is 1.95 bits per heavy atom. The van der Waals surface area contributed by atoms with E-state index in [1.54, 1.807) is 12.3 Å². The molecule has 22 heavy (non-hydrogen) atoms. The molecule has 2 heterocycles. The molecule has 0 radical (unpaired) electrons. The molecular weight excluding hydrogens is 298 g/mol. The van der Waals surface area contributed by atoms with Crippen LogP contribution in [0.5, 0.6) is 0 Å². The number of hydrogen-bond donors (Lipinski definition) is 1. The summed E-state index contributed by atoms with van der Waals surface area (Å²) in [4.78, 5) is 6.36. The second-order valence-corrected chi connectivity index (χ2v) is 7.17. The smallest absolute Gasteiger partial charge is 0.263 e. The van der Waals surface area contributed by atoms with Gasteiger partial charge in [0.2, 0.25) is 0 Å². The molecule has 1 N–H and O–H groups in total. The van der Waals surface area contributed by atoms with Crippen molar-refractivity contribution < 1.29 is 8.42 Å². The zero-order valence-electron chi connectivity index (χ0n) is 12.5. The lowest BCUT2D eigenvalue weighted by Crippen LogP contribution is -2.19. The minimum absolute atomic E-state index is 0.163. The van der Waals surface area contributed by atoms with E-state index in [2.05, 4.69) is 14.6 Å². The van der Waals surface area contributed by atoms with E-state index in [1.807, 2.05) is 25.1 Å². The molecule has 0 bridgehead atoms. The van der Waals surface area contributed by atoms with Gasteiger partial charge >= 0.3 is 0 Å². The van der Waals surface area contributed by atoms with Crippen LogP contribution in [0.1, 0.15) is 18.4 Å². The van der Waals surface area contributed by atoms with Gasteiger partial charge in [0, 0.05) is 36.9 Å². The number of benzene rings is 1. The molecule has 116 valence electrons. The Morgan fingerprint density at radius 3 is 2.59 bits per heavy atom. The number of pyridine rings is 1. The normalized spacial score (nSPS) is 15.0. The standard InChI is InChI=1S/C16H19N3O2S/c1-13-11-14(6-7-16(13)19-9-2-3-10-19)18-22(20,21)15-5-4-8-17-12-15/h4-8,11-12,18H,2-3,9-10H2,1H3. The van der Waals surface area contributed by atoms with Crippen molar-refractivity contribution in [3.63, 3.8) is 0 Å². The first-order valence-electron chi connectivity index (χ1n) is 7.35. The van der Waals surface area contributed by atoms with Crippen LogP contribution in [0, 0.1) is 6.92 Å². The molecule has 0 atom stereocenters. The van der Waals surface area contributed by atoms with E-state index < -0.39 is 10.0 Å². The molecule has 1 aliphatic heterocycles. The minimum Gasteiger partial charge on any atom is -0.371 e. The first-order chi connectivity index (χ1) is 10.6. The van der Waals surface area contributed by atoms with E-state index in [4.69, 9.17) is 0 Å². The van der Waals surface area contributed by atoms with Gasteiger partial charge in [0.05, 0.1) is 0 Å². The van der Waals surface area contributed by atoms with Crippen molar-refractivity contribution in [3.8, 4) is 0 Å². The number of aromatic nitrogens is 1. The molecule has 0 spiro atoms. The van der Waals surface area contributed by atoms with Crippen molar-refractivity contribution in [2.45, 2.75) is 24.7 Å². The summed E-state index contributed by atoms with van der Waals surface area (Å²) in [5, 5.41) is 0. The molecule has 2 aromatic rings. The Labute approximate surface area is 131 Å². The maximum absolute atomic E-state index is 12.3. The van der Waals surface area contributed by atoms with Gasteiger partial charge in [-0.15, -0.1) is 0 Å². The quantitative estimate of drug-likeness (QED) is 0.942. The summed E-state index contributed by atoms with van der Waals surface area (Å²) >= 11 is 0. The lowest BCUT2D eigenvalue weighted by molar-refractivity contribution is 0.601. The molecular formula is C16H19N3O2S. The fourth-order valence-corrected chi connectivity index (χ4v) is 3.76. The Hall–Kier alpha value is -2.08. The lowest BCUT2D eigenvalue weighted by Gasteiger charge is -2.20. The zero-order chi connectivity index (χ0) is 15.6. The number of aryl methyl sites for hydroxylation is 1. The van der Waals surface area contributed by atoms with Gasteiger partial charge in [-0.2, -0.15) is 0 Å². The average molecular weight is 317 g/mol. The number of sulfonamides is 1. The molecule has 3 rings (SSSR count). The highest BCUT2D eigenvalue weighted by molar-refractivity contribution is 7.92. The Balaban J connectivity index is 1.83. The molecule has 0 amide bonds. The van der Waals surface area contributed by atoms with Crippen molar-refractivity contribution in [3.05, 3.63) is 48.3 Å². The molecule has 0 aliphatic carbocycles. The van der Waals surface area contributed by atoms with Gasteiger partial charge in [-0.1, -0.05) is 0 Å². The van der Waals surface area contributed by atoms with Gasteiger partial charge < -0.3 is 4.90 Å². The van der Waals surface area contributed by atoms with E-state index in [-0.39, 0.29) is 4.90 Å². The van der Waals surface area contributed by atoms with Gasteiger partial charge in [0.15, 0.2) is 0 Å². The average Bonchev–Trinajstić information content (AvgIpc) is 3.02. The summed E-state index contributed by atoms with van der Waals surface area (Å²) < 4.78 is 27.2. The number of hydrogen-bond acceptors (Lipinski definition) is 4. The second kappa shape index (κ2) is 5.96. The number of nitrogens with zero attached hydrogens (tertiary/aromatic N) is 2. The van der Waals surface area contributed by atoms with Crippen LogP contribution in [0.25, 0.3) is 0 Å². The molecule has 6 heteroatoms. The van der Waals surface area contributed by atoms with E-state index in [1.165, 1.54) is 30.8 Å². The summed E-state index contributed by atoms with van der Waals surface area (Å²) in [5.41, 5.74) is 2.83. The van der Waals surface area contributed by atoms with Crippen LogP contribution in [-0.4, -0.2) is 26.5 Å². The third-order valence-corrected chi connectivity index (χ3v) is 5.21. The lowest BCUT2D eigenvalue weighted by atomic mass is 10.1. The fraction of sp³-hybridized carbons (Fsp3) is 0.312. The van der Waals surface area contributed by atoms with Gasteiger partial charge in [0.1, 0.15) is 4.90 Å². The third kappa shape index (κ3) is 3.06. The predicted molar refractivity (Wildman–Crippen MR) is 87.7 cm³/mol. The molecule has 1 aliphatic rings. The third-order valence-electron chi connectivity index (χ3n) is 3.84. The van der Waals surface area contributed by atoms with E-state index in [0.29, 0.717) is 5.69 Å². The van der Waals surface area contributed by atoms with Crippen molar-refractivity contribution in [1.82, 2.24) is 4.98 Å². The van der Waals surface area contributed by atoms with Crippen molar-refractivity contribution in [2.75, 3.05) is 22.7 Å². The highest BCUT2D eigenvalue weighted by atomic mass is 32.2. The highest BCUT2D eigenvalue weighted by Gasteiger charge is 2.17. The highest BCUT2D eigenvalue weighted by Crippen LogP contribution is 2.27. The van der Waals surface area contributed by atoms with Crippen molar-refractivity contribution >= 4 is 21.4 Å². The summed E-state index contributed by atoms with van der Waals surface area (Å²) in [6, 6.07) is 8.81. The largest absolute Gasteiger partial charge is 0.371 e. The van der Waals surface area contributed by atoms with Gasteiger partial charge in [-0.05, 0) is 55.7 Å². The Bertz CT molecular complexity index is 754. The summed E-state index contributed by atoms with van der Waals surface area (Å²) in [7, 11) is -3.59. The Morgan fingerprint density at radius 1 is 1.18 bits per heavy atom. The molecule has 1 aromatic heterocycles. The van der Waals surface area contributed by atoms with Crippen LogP contribution < -0.4 is 9.62 Å². The molecule has 1 fully saturated rings. The van der Waals surface area contributed by atoms with E-state index >= 15 is 0 Å². The first-order valence-corrected chi connectivity index (χ1v) is 8.83. The van der Waals surface area contributed by atoms with Crippen LogP contribution in [-0.2, 0) is 10.0 Å². The monoisotopic (exact) mass is 317 g/mol. The summed E-state index contributed by atoms with van der Waals surface area (Å²) in [5.74, 6) is 0. The van der Waals surface area contributed by atoms with Crippen LogP contribution >= 0.6 is 0 Å². The second-order valence-electron chi connectivity index (χ2n) is 5.49. The molecule has 0 saturated carbocycles. The molecule has 1 aromatic carbocycles. The zero-order valence-corrected chi connectivity index (χ0v) is 13.3. The van der Waals surface area contributed by atoms with Gasteiger partial charge in [-0.25, -0.2) is 8.42 Å². The summed E-state index contributed by atoms with van der Waals surface area (Å²) in [6.45, 7) is 4.15. The minimum atomic E-state index is -3.59. The van der Waals surface area contributed by atoms with Crippen molar-refractivity contribution in [2.24, 2.45) is 0 Å². The maximum atomic E-state index is 12.3. The number of nitrogens with one attached hydrogen (secondary N) is 1. The van der Waals surface area contributed by atoms with Gasteiger partial charge in [0.25, 0.3) is 10.0 Å². The van der Waals surface area contributed by atoms with Crippen molar-refractivity contribution in [1.29, 1.82) is 0 Å². The van der Waals surface area contributed by atoms with Crippen LogP contribution in [0.15, 0.2) is 47.6 Å². The van der Waals surface area contributed by atoms with Gasteiger partial charge in [-0.3, -0.25) is 9.71 Å². The van der Waals surface area contributed by atoms with E-state index in [9.17, 15) is 8.42 Å². The maximum Gasteiger partial charge on any atom is 0.263 e. The predicted octanol–water partition coefficient (Wildman–Crippen LogP) is 2.79. The molecule has 1 saturated heterocycles. The fourth-order valence-electron chi connectivity index (χ4n) is 2.75. The SMILES string of the molecule is Cc1cc(NS(=O)(=O)c2cccnc2)ccc1N1CCCC1. The number of anilines is 2. The molecule has 0 unspecified atom stereocenters. The van der Waals surface area contributed by atoms with Crippen LogP contribution in [0.2, 0.25) is 0 Å². The van der Waals surface area contributed by atoms with E-state index in [0.717, 1.165) is 18.7 Å². The first kappa shape index (κ1) is 14.8. The topological polar surface area (TPSA) is 62.3 Å².